The highest BCUT2D eigenvalue weighted by Crippen LogP contribution is 2.31. The Hall–Kier alpha value is -0.540. The van der Waals surface area contributed by atoms with Gasteiger partial charge >= 0.3 is 0 Å². The third-order valence-electron chi connectivity index (χ3n) is 3.30. The molecule has 0 aliphatic heterocycles. The molecule has 1 unspecified atom stereocenters. The number of hydrogen-bond donors (Lipinski definition) is 1. The minimum absolute atomic E-state index is 0.121. The maximum absolute atomic E-state index is 6.26. The third kappa shape index (κ3) is 3.76. The van der Waals surface area contributed by atoms with E-state index in [1.54, 1.807) is 6.07 Å². The molecular formula is C16H16BrCl2N. The van der Waals surface area contributed by atoms with Crippen LogP contribution in [-0.4, -0.2) is 0 Å². The Kier molecular flexibility index (Phi) is 5.50. The van der Waals surface area contributed by atoms with Crippen LogP contribution in [0.3, 0.4) is 0 Å². The van der Waals surface area contributed by atoms with Crippen molar-refractivity contribution in [1.29, 1.82) is 0 Å². The second-order valence-corrected chi connectivity index (χ2v) is 6.51. The van der Waals surface area contributed by atoms with E-state index in [2.05, 4.69) is 47.2 Å². The predicted molar refractivity (Wildman–Crippen MR) is 90.6 cm³/mol. The summed E-state index contributed by atoms with van der Waals surface area (Å²) < 4.78 is 1.08. The molecule has 1 N–H and O–H groups in total. The molecule has 0 aliphatic carbocycles. The zero-order valence-electron chi connectivity index (χ0n) is 11.3. The summed E-state index contributed by atoms with van der Waals surface area (Å²) in [5.74, 6) is 0. The molecule has 0 aliphatic rings. The van der Waals surface area contributed by atoms with Crippen LogP contribution in [0.1, 0.15) is 37.1 Å². The number of hydrogen-bond acceptors (Lipinski definition) is 1. The van der Waals surface area contributed by atoms with Crippen molar-refractivity contribution in [2.45, 2.75) is 25.9 Å². The Balaban J connectivity index is 2.15. The Labute approximate surface area is 138 Å². The molecule has 0 spiro atoms. The first-order valence-corrected chi connectivity index (χ1v) is 7.99. The Morgan fingerprint density at radius 3 is 2.40 bits per heavy atom. The first-order valence-electron chi connectivity index (χ1n) is 6.44. The molecule has 106 valence electrons. The summed E-state index contributed by atoms with van der Waals surface area (Å²) in [5, 5.41) is 4.76. The van der Waals surface area contributed by atoms with Crippen LogP contribution in [0.15, 0.2) is 46.9 Å². The van der Waals surface area contributed by atoms with Crippen LogP contribution in [-0.2, 0) is 0 Å². The average Bonchev–Trinajstić information content (AvgIpc) is 2.41. The summed E-state index contributed by atoms with van der Waals surface area (Å²) in [6.07, 6.45) is 0. The van der Waals surface area contributed by atoms with Gasteiger partial charge in [0.15, 0.2) is 0 Å². The molecule has 2 atom stereocenters. The molecule has 1 nitrogen and oxygen atoms in total. The quantitative estimate of drug-likeness (QED) is 0.676. The van der Waals surface area contributed by atoms with Crippen LogP contribution in [0.25, 0.3) is 0 Å². The van der Waals surface area contributed by atoms with Gasteiger partial charge in [-0.1, -0.05) is 63.4 Å². The summed E-state index contributed by atoms with van der Waals surface area (Å²) in [4.78, 5) is 0. The molecule has 2 aromatic carbocycles. The van der Waals surface area contributed by atoms with Crippen molar-refractivity contribution in [3.05, 3.63) is 68.1 Å². The third-order valence-corrected chi connectivity index (χ3v) is 4.62. The summed E-state index contributed by atoms with van der Waals surface area (Å²) in [6, 6.07) is 14.3. The van der Waals surface area contributed by atoms with Crippen LogP contribution < -0.4 is 5.32 Å². The zero-order chi connectivity index (χ0) is 14.7. The van der Waals surface area contributed by atoms with E-state index in [1.807, 2.05) is 24.3 Å². The zero-order valence-corrected chi connectivity index (χ0v) is 14.4. The standard InChI is InChI=1S/C16H16BrCl2N/c1-10(12-5-3-6-13(17)9-12)20-11(2)14-7-4-8-15(18)16(14)19/h3-11,20H,1-2H3/t10-,11?/m1/s1. The lowest BCUT2D eigenvalue weighted by atomic mass is 10.0. The predicted octanol–water partition coefficient (Wildman–Crippen LogP) is 6.17. The van der Waals surface area contributed by atoms with Crippen molar-refractivity contribution >= 4 is 39.1 Å². The minimum atomic E-state index is 0.121. The lowest BCUT2D eigenvalue weighted by molar-refractivity contribution is 0.494. The Morgan fingerprint density at radius 1 is 1.00 bits per heavy atom. The maximum Gasteiger partial charge on any atom is 0.0639 e. The lowest BCUT2D eigenvalue weighted by Gasteiger charge is -2.22. The van der Waals surface area contributed by atoms with Gasteiger partial charge in [0.1, 0.15) is 0 Å². The fourth-order valence-corrected chi connectivity index (χ4v) is 3.08. The van der Waals surface area contributed by atoms with E-state index >= 15 is 0 Å². The topological polar surface area (TPSA) is 12.0 Å². The molecule has 0 heterocycles. The molecule has 0 aromatic heterocycles. The SMILES string of the molecule is CC(N[C@H](C)c1cccc(Br)c1)c1cccc(Cl)c1Cl. The molecule has 2 aromatic rings. The number of rotatable bonds is 4. The van der Waals surface area contributed by atoms with E-state index in [4.69, 9.17) is 23.2 Å². The van der Waals surface area contributed by atoms with Gasteiger partial charge in [0.2, 0.25) is 0 Å². The second-order valence-electron chi connectivity index (χ2n) is 4.81. The van der Waals surface area contributed by atoms with Gasteiger partial charge in [-0.25, -0.2) is 0 Å². The molecule has 0 fully saturated rings. The molecule has 0 bridgehead atoms. The van der Waals surface area contributed by atoms with E-state index in [0.29, 0.717) is 10.0 Å². The molecular weight excluding hydrogens is 357 g/mol. The molecule has 0 saturated carbocycles. The first-order chi connectivity index (χ1) is 9.49. The van der Waals surface area contributed by atoms with Gasteiger partial charge in [0.05, 0.1) is 10.0 Å². The summed E-state index contributed by atoms with van der Waals surface area (Å²) >= 11 is 15.8. The van der Waals surface area contributed by atoms with Gasteiger partial charge in [-0.3, -0.25) is 0 Å². The van der Waals surface area contributed by atoms with Gasteiger partial charge in [-0.15, -0.1) is 0 Å². The normalized spacial score (nSPS) is 14.1. The summed E-state index contributed by atoms with van der Waals surface area (Å²) in [5.41, 5.74) is 2.24. The van der Waals surface area contributed by atoms with Crippen LogP contribution in [0.2, 0.25) is 10.0 Å². The minimum Gasteiger partial charge on any atom is -0.304 e. The van der Waals surface area contributed by atoms with Gasteiger partial charge in [-0.05, 0) is 43.2 Å². The maximum atomic E-state index is 6.26. The molecule has 2 rings (SSSR count). The van der Waals surface area contributed by atoms with Crippen molar-refractivity contribution in [1.82, 2.24) is 5.32 Å². The van der Waals surface area contributed by atoms with Crippen molar-refractivity contribution in [3.8, 4) is 0 Å². The highest BCUT2D eigenvalue weighted by atomic mass is 79.9. The van der Waals surface area contributed by atoms with E-state index in [-0.39, 0.29) is 12.1 Å². The second kappa shape index (κ2) is 6.95. The number of benzene rings is 2. The summed E-state index contributed by atoms with van der Waals surface area (Å²) in [6.45, 7) is 4.22. The number of nitrogens with one attached hydrogen (secondary N) is 1. The van der Waals surface area contributed by atoms with Crippen molar-refractivity contribution < 1.29 is 0 Å². The molecule has 0 amide bonds. The van der Waals surface area contributed by atoms with E-state index in [1.165, 1.54) is 5.56 Å². The van der Waals surface area contributed by atoms with Gasteiger partial charge in [0, 0.05) is 16.6 Å². The van der Waals surface area contributed by atoms with Crippen LogP contribution >= 0.6 is 39.1 Å². The van der Waals surface area contributed by atoms with Gasteiger partial charge in [0.25, 0.3) is 0 Å². The fourth-order valence-electron chi connectivity index (χ4n) is 2.19. The van der Waals surface area contributed by atoms with E-state index in [9.17, 15) is 0 Å². The highest BCUT2D eigenvalue weighted by molar-refractivity contribution is 9.10. The van der Waals surface area contributed by atoms with Crippen LogP contribution in [0, 0.1) is 0 Å². The number of halogens is 3. The molecule has 4 heteroatoms. The van der Waals surface area contributed by atoms with Crippen LogP contribution in [0.4, 0.5) is 0 Å². The van der Waals surface area contributed by atoms with Crippen molar-refractivity contribution in [3.63, 3.8) is 0 Å². The summed E-state index contributed by atoms with van der Waals surface area (Å²) in [7, 11) is 0. The van der Waals surface area contributed by atoms with Gasteiger partial charge < -0.3 is 5.32 Å². The molecule has 0 saturated heterocycles. The van der Waals surface area contributed by atoms with E-state index in [0.717, 1.165) is 10.0 Å². The smallest absolute Gasteiger partial charge is 0.0639 e. The molecule has 20 heavy (non-hydrogen) atoms. The lowest BCUT2D eigenvalue weighted by Crippen LogP contribution is -2.22. The van der Waals surface area contributed by atoms with E-state index < -0.39 is 0 Å². The highest BCUT2D eigenvalue weighted by Gasteiger charge is 2.15. The fraction of sp³-hybridized carbons (Fsp3) is 0.250. The largest absolute Gasteiger partial charge is 0.304 e. The molecule has 0 radical (unpaired) electrons. The van der Waals surface area contributed by atoms with Crippen molar-refractivity contribution in [2.24, 2.45) is 0 Å². The van der Waals surface area contributed by atoms with Crippen molar-refractivity contribution in [2.75, 3.05) is 0 Å². The Bertz CT molecular complexity index is 601. The monoisotopic (exact) mass is 371 g/mol. The first kappa shape index (κ1) is 15.8. The average molecular weight is 373 g/mol. The van der Waals surface area contributed by atoms with Gasteiger partial charge in [-0.2, -0.15) is 0 Å². The van der Waals surface area contributed by atoms with Crippen LogP contribution in [0.5, 0.6) is 0 Å². The Morgan fingerprint density at radius 2 is 1.70 bits per heavy atom.